The highest BCUT2D eigenvalue weighted by molar-refractivity contribution is 5.85. The summed E-state index contributed by atoms with van der Waals surface area (Å²) in [5.74, 6) is 8.57. The van der Waals surface area contributed by atoms with Crippen molar-refractivity contribution in [3.63, 3.8) is 0 Å². The molecule has 0 aliphatic heterocycles. The molecule has 0 saturated carbocycles. The molecule has 0 fully saturated rings. The molecule has 9 heteroatoms. The molecule has 1 rings (SSSR count). The number of carboxylic acid groups (broad SMARTS) is 1. The molecule has 124 valence electrons. The fraction of sp³-hybridized carbons (Fsp3) is 0.214. The van der Waals surface area contributed by atoms with Crippen LogP contribution in [0.3, 0.4) is 0 Å². The Morgan fingerprint density at radius 3 is 2.39 bits per heavy atom. The van der Waals surface area contributed by atoms with Crippen molar-refractivity contribution < 1.29 is 27.8 Å². The Morgan fingerprint density at radius 2 is 1.91 bits per heavy atom. The Hall–Kier alpha value is -2.86. The lowest BCUT2D eigenvalue weighted by atomic mass is 10.2. The van der Waals surface area contributed by atoms with Crippen LogP contribution in [0.15, 0.2) is 35.8 Å². The van der Waals surface area contributed by atoms with Crippen molar-refractivity contribution in [1.82, 2.24) is 5.43 Å². The van der Waals surface area contributed by atoms with Gasteiger partial charge in [-0.2, -0.15) is 13.2 Å². The molecule has 0 aliphatic carbocycles. The quantitative estimate of drug-likeness (QED) is 0.214. The summed E-state index contributed by atoms with van der Waals surface area (Å²) in [4.78, 5) is 10.7. The summed E-state index contributed by atoms with van der Waals surface area (Å²) in [6.45, 7) is 0. The van der Waals surface area contributed by atoms with Gasteiger partial charge in [-0.25, -0.2) is 10.6 Å². The van der Waals surface area contributed by atoms with E-state index in [9.17, 15) is 18.0 Å². The van der Waals surface area contributed by atoms with Crippen LogP contribution >= 0.6 is 0 Å². The van der Waals surface area contributed by atoms with Crippen molar-refractivity contribution in [2.24, 2.45) is 11.6 Å². The Morgan fingerprint density at radius 1 is 1.30 bits per heavy atom. The van der Waals surface area contributed by atoms with Gasteiger partial charge in [-0.1, -0.05) is 11.8 Å². The van der Waals surface area contributed by atoms with E-state index >= 15 is 0 Å². The number of nitrogens with two attached hydrogens (primary N) is 2. The SMILES string of the molecule is NN/C(Oc1ccc(C#CCCC(F)(F)F)cc1)=C(\N)C(=O)O. The number of ether oxygens (including phenoxy) is 1. The number of benzene rings is 1. The average Bonchev–Trinajstić information content (AvgIpc) is 2.48. The van der Waals surface area contributed by atoms with Gasteiger partial charge in [0.2, 0.25) is 5.88 Å². The molecule has 1 aromatic rings. The van der Waals surface area contributed by atoms with Crippen LogP contribution in [-0.2, 0) is 4.79 Å². The first kappa shape index (κ1) is 18.2. The van der Waals surface area contributed by atoms with Crippen molar-refractivity contribution in [2.75, 3.05) is 0 Å². The molecule has 0 spiro atoms. The van der Waals surface area contributed by atoms with E-state index in [1.807, 2.05) is 5.43 Å². The van der Waals surface area contributed by atoms with Crippen molar-refractivity contribution in [3.05, 3.63) is 41.4 Å². The fourth-order valence-electron chi connectivity index (χ4n) is 1.35. The van der Waals surface area contributed by atoms with E-state index in [1.165, 1.54) is 24.3 Å². The van der Waals surface area contributed by atoms with E-state index in [2.05, 4.69) is 11.8 Å². The van der Waals surface area contributed by atoms with Gasteiger partial charge >= 0.3 is 12.1 Å². The topological polar surface area (TPSA) is 111 Å². The number of carbonyl (C=O) groups is 1. The third-order valence-electron chi connectivity index (χ3n) is 2.45. The predicted octanol–water partition coefficient (Wildman–Crippen LogP) is 1.44. The highest BCUT2D eigenvalue weighted by Gasteiger charge is 2.25. The van der Waals surface area contributed by atoms with Gasteiger partial charge in [0.15, 0.2) is 5.70 Å². The molecule has 1 aromatic carbocycles. The Labute approximate surface area is 129 Å². The molecule has 0 aromatic heterocycles. The van der Waals surface area contributed by atoms with Crippen LogP contribution in [0.25, 0.3) is 0 Å². The van der Waals surface area contributed by atoms with Crippen molar-refractivity contribution in [1.29, 1.82) is 0 Å². The summed E-state index contributed by atoms with van der Waals surface area (Å²) in [7, 11) is 0. The molecule has 23 heavy (non-hydrogen) atoms. The Kier molecular flexibility index (Phi) is 6.29. The first-order valence-electron chi connectivity index (χ1n) is 6.26. The zero-order valence-corrected chi connectivity index (χ0v) is 11.8. The van der Waals surface area contributed by atoms with Gasteiger partial charge in [-0.15, -0.1) is 0 Å². The highest BCUT2D eigenvalue weighted by atomic mass is 19.4. The lowest BCUT2D eigenvalue weighted by Crippen LogP contribution is -2.31. The maximum atomic E-state index is 12.0. The summed E-state index contributed by atoms with van der Waals surface area (Å²) < 4.78 is 41.0. The molecular weight excluding hydrogens is 315 g/mol. The zero-order chi connectivity index (χ0) is 17.5. The van der Waals surface area contributed by atoms with E-state index in [1.54, 1.807) is 0 Å². The van der Waals surface area contributed by atoms with Crippen LogP contribution in [0.2, 0.25) is 0 Å². The van der Waals surface area contributed by atoms with Crippen LogP contribution in [0.1, 0.15) is 18.4 Å². The number of halogens is 3. The van der Waals surface area contributed by atoms with E-state index in [0.29, 0.717) is 5.56 Å². The van der Waals surface area contributed by atoms with E-state index in [0.717, 1.165) is 0 Å². The van der Waals surface area contributed by atoms with Crippen molar-refractivity contribution >= 4 is 5.97 Å². The number of hydrogen-bond acceptors (Lipinski definition) is 5. The molecule has 6 nitrogen and oxygen atoms in total. The smallest absolute Gasteiger partial charge is 0.390 e. The molecule has 0 heterocycles. The number of nitrogens with one attached hydrogen (secondary N) is 1. The van der Waals surface area contributed by atoms with Crippen LogP contribution < -0.4 is 21.7 Å². The Balaban J connectivity index is 2.72. The minimum atomic E-state index is -4.23. The molecule has 0 bridgehead atoms. The maximum Gasteiger partial charge on any atom is 0.390 e. The van der Waals surface area contributed by atoms with Gasteiger partial charge in [0.05, 0.1) is 6.42 Å². The fourth-order valence-corrected chi connectivity index (χ4v) is 1.35. The molecule has 0 unspecified atom stereocenters. The lowest BCUT2D eigenvalue weighted by molar-refractivity contribution is -0.134. The standard InChI is InChI=1S/C14H14F3N3O3/c15-14(16,17)8-2-1-3-9-4-6-10(7-5-9)23-12(20-19)11(18)13(21)22/h4-7,20H,2,8,18-19H2,(H,21,22)/b12-11+. The molecule has 0 aliphatic rings. The number of carboxylic acids is 1. The summed E-state index contributed by atoms with van der Waals surface area (Å²) in [5.41, 5.74) is 7.16. The molecule has 0 atom stereocenters. The normalized spacial score (nSPS) is 11.8. The zero-order valence-electron chi connectivity index (χ0n) is 11.8. The summed E-state index contributed by atoms with van der Waals surface area (Å²) >= 11 is 0. The number of aliphatic carboxylic acids is 1. The maximum absolute atomic E-state index is 12.0. The molecule has 6 N–H and O–H groups in total. The van der Waals surface area contributed by atoms with E-state index < -0.39 is 24.3 Å². The first-order chi connectivity index (χ1) is 10.7. The van der Waals surface area contributed by atoms with Gasteiger partial charge in [0.25, 0.3) is 0 Å². The van der Waals surface area contributed by atoms with Crippen molar-refractivity contribution in [2.45, 2.75) is 19.0 Å². The van der Waals surface area contributed by atoms with E-state index in [4.69, 9.17) is 21.4 Å². The summed E-state index contributed by atoms with van der Waals surface area (Å²) in [6.07, 6.45) is -5.48. The predicted molar refractivity (Wildman–Crippen MR) is 75.4 cm³/mol. The monoisotopic (exact) mass is 329 g/mol. The largest absolute Gasteiger partial charge is 0.476 e. The second-order valence-corrected chi connectivity index (χ2v) is 4.24. The number of rotatable bonds is 5. The minimum absolute atomic E-state index is 0.225. The van der Waals surface area contributed by atoms with Gasteiger partial charge in [0, 0.05) is 12.0 Å². The summed E-state index contributed by atoms with van der Waals surface area (Å²) in [6, 6.07) is 5.89. The van der Waals surface area contributed by atoms with Crippen LogP contribution in [0.5, 0.6) is 5.75 Å². The summed E-state index contributed by atoms with van der Waals surface area (Å²) in [5, 5.41) is 8.73. The number of hydrogen-bond donors (Lipinski definition) is 4. The van der Waals surface area contributed by atoms with Gasteiger partial charge in [-0.3, -0.25) is 5.43 Å². The Bertz CT molecular complexity index is 643. The van der Waals surface area contributed by atoms with Gasteiger partial charge in [0.1, 0.15) is 5.75 Å². The van der Waals surface area contributed by atoms with Crippen LogP contribution in [0.4, 0.5) is 13.2 Å². The van der Waals surface area contributed by atoms with Crippen molar-refractivity contribution in [3.8, 4) is 17.6 Å². The molecule has 0 amide bonds. The third-order valence-corrected chi connectivity index (χ3v) is 2.45. The number of hydrazine groups is 1. The molecule has 0 radical (unpaired) electrons. The van der Waals surface area contributed by atoms with E-state index in [-0.39, 0.29) is 18.1 Å². The average molecular weight is 329 g/mol. The van der Waals surface area contributed by atoms with Crippen LogP contribution in [-0.4, -0.2) is 17.3 Å². The van der Waals surface area contributed by atoms with Gasteiger partial charge in [-0.05, 0) is 24.3 Å². The molecular formula is C14H14F3N3O3. The molecule has 0 saturated heterocycles. The first-order valence-corrected chi connectivity index (χ1v) is 6.26. The van der Waals surface area contributed by atoms with Crippen LogP contribution in [0, 0.1) is 11.8 Å². The second-order valence-electron chi connectivity index (χ2n) is 4.24. The highest BCUT2D eigenvalue weighted by Crippen LogP contribution is 2.20. The number of alkyl halides is 3. The third kappa shape index (κ3) is 6.62. The second kappa shape index (κ2) is 7.95. The minimum Gasteiger partial charge on any atom is -0.476 e. The van der Waals surface area contributed by atoms with Gasteiger partial charge < -0.3 is 15.6 Å². The lowest BCUT2D eigenvalue weighted by Gasteiger charge is -2.10.